The summed E-state index contributed by atoms with van der Waals surface area (Å²) < 4.78 is 0. The number of rotatable bonds is 5. The summed E-state index contributed by atoms with van der Waals surface area (Å²) in [4.78, 5) is 0. The van der Waals surface area contributed by atoms with Crippen LogP contribution < -0.4 is 0 Å². The predicted octanol–water partition coefficient (Wildman–Crippen LogP) is 3.23. The van der Waals surface area contributed by atoms with E-state index < -0.39 is 0 Å². The van der Waals surface area contributed by atoms with E-state index in [1.165, 1.54) is 25.7 Å². The lowest BCUT2D eigenvalue weighted by Crippen LogP contribution is -1.96. The first-order valence-electron chi connectivity index (χ1n) is 4.28. The van der Waals surface area contributed by atoms with E-state index in [1.54, 1.807) is 0 Å². The monoisotopic (exact) mass is 138 g/mol. The van der Waals surface area contributed by atoms with Crippen LogP contribution in [-0.4, -0.2) is 0 Å². The average molecular weight is 138 g/mol. The third-order valence-corrected chi connectivity index (χ3v) is 1.95. The first-order chi connectivity index (χ1) is 4.85. The van der Waals surface area contributed by atoms with Gasteiger partial charge in [-0.15, -0.1) is 12.3 Å². The summed E-state index contributed by atoms with van der Waals surface area (Å²) in [7, 11) is 0. The predicted molar refractivity (Wildman–Crippen MR) is 46.8 cm³/mol. The second-order valence-electron chi connectivity index (χ2n) is 2.82. The van der Waals surface area contributed by atoms with Gasteiger partial charge in [0.05, 0.1) is 0 Å². The maximum atomic E-state index is 5.23. The Labute approximate surface area is 65.0 Å². The normalized spacial score (nSPS) is 12.5. The van der Waals surface area contributed by atoms with E-state index in [9.17, 15) is 0 Å². The quantitative estimate of drug-likeness (QED) is 0.512. The van der Waals surface area contributed by atoms with E-state index >= 15 is 0 Å². The van der Waals surface area contributed by atoms with Crippen molar-refractivity contribution in [3.05, 3.63) is 0 Å². The molecule has 1 atom stereocenters. The molecular formula is C10H18. The lowest BCUT2D eigenvalue weighted by molar-refractivity contribution is 0.462. The molecule has 0 amide bonds. The minimum Gasteiger partial charge on any atom is -0.120 e. The summed E-state index contributed by atoms with van der Waals surface area (Å²) in [6.45, 7) is 4.44. The maximum Gasteiger partial charge on any atom is 0.0114 e. The highest BCUT2D eigenvalue weighted by molar-refractivity contribution is 4.86. The van der Waals surface area contributed by atoms with E-state index in [2.05, 4.69) is 19.8 Å². The van der Waals surface area contributed by atoms with Crippen molar-refractivity contribution in [1.29, 1.82) is 0 Å². The van der Waals surface area contributed by atoms with Gasteiger partial charge in [-0.05, 0) is 12.3 Å². The molecule has 0 aromatic carbocycles. The molecule has 10 heavy (non-hydrogen) atoms. The van der Waals surface area contributed by atoms with Crippen LogP contribution in [0.5, 0.6) is 0 Å². The number of hydrogen-bond acceptors (Lipinski definition) is 0. The first kappa shape index (κ1) is 9.56. The molecule has 0 aromatic rings. The Hall–Kier alpha value is -0.440. The topological polar surface area (TPSA) is 0 Å². The van der Waals surface area contributed by atoms with Gasteiger partial charge < -0.3 is 0 Å². The number of hydrogen-bond donors (Lipinski definition) is 0. The molecule has 0 fully saturated rings. The molecule has 0 N–H and O–H groups in total. The van der Waals surface area contributed by atoms with Crippen molar-refractivity contribution in [2.75, 3.05) is 0 Å². The van der Waals surface area contributed by atoms with Crippen LogP contribution in [0.4, 0.5) is 0 Å². The Balaban J connectivity index is 3.32. The Bertz CT molecular complexity index is 97.1. The highest BCUT2D eigenvalue weighted by atomic mass is 14.1. The lowest BCUT2D eigenvalue weighted by atomic mass is 9.96. The van der Waals surface area contributed by atoms with Gasteiger partial charge in [-0.1, -0.05) is 33.1 Å². The summed E-state index contributed by atoms with van der Waals surface area (Å²) >= 11 is 0. The van der Waals surface area contributed by atoms with Crippen molar-refractivity contribution < 1.29 is 0 Å². The van der Waals surface area contributed by atoms with E-state index in [4.69, 9.17) is 6.42 Å². The first-order valence-corrected chi connectivity index (χ1v) is 4.28. The minimum atomic E-state index is 0.782. The van der Waals surface area contributed by atoms with Crippen LogP contribution in [-0.2, 0) is 0 Å². The van der Waals surface area contributed by atoms with Gasteiger partial charge in [0.25, 0.3) is 0 Å². The molecule has 0 nitrogen and oxygen atoms in total. The van der Waals surface area contributed by atoms with Crippen molar-refractivity contribution in [1.82, 2.24) is 0 Å². The highest BCUT2D eigenvalue weighted by Crippen LogP contribution is 2.15. The molecule has 0 aliphatic carbocycles. The molecule has 0 bridgehead atoms. The van der Waals surface area contributed by atoms with Crippen LogP contribution in [0.3, 0.4) is 0 Å². The van der Waals surface area contributed by atoms with Crippen molar-refractivity contribution in [3.63, 3.8) is 0 Å². The largest absolute Gasteiger partial charge is 0.120 e. The smallest absolute Gasteiger partial charge is 0.0114 e. The van der Waals surface area contributed by atoms with Crippen LogP contribution in [0.25, 0.3) is 0 Å². The van der Waals surface area contributed by atoms with Gasteiger partial charge in [0.2, 0.25) is 0 Å². The van der Waals surface area contributed by atoms with Crippen molar-refractivity contribution in [2.45, 2.75) is 46.0 Å². The molecule has 0 saturated carbocycles. The molecule has 0 saturated heterocycles. The van der Waals surface area contributed by atoms with Gasteiger partial charge in [0, 0.05) is 6.42 Å². The van der Waals surface area contributed by atoms with E-state index in [-0.39, 0.29) is 0 Å². The van der Waals surface area contributed by atoms with Crippen LogP contribution in [0.15, 0.2) is 0 Å². The SMILES string of the molecule is C#CC[C@@H](CC)CCCC. The second kappa shape index (κ2) is 6.68. The van der Waals surface area contributed by atoms with Crippen molar-refractivity contribution >= 4 is 0 Å². The van der Waals surface area contributed by atoms with E-state index in [1.807, 2.05) is 0 Å². The van der Waals surface area contributed by atoms with Crippen LogP contribution in [0, 0.1) is 18.3 Å². The van der Waals surface area contributed by atoms with Gasteiger partial charge in [-0.2, -0.15) is 0 Å². The Morgan fingerprint density at radius 1 is 1.40 bits per heavy atom. The Kier molecular flexibility index (Phi) is 6.38. The van der Waals surface area contributed by atoms with Gasteiger partial charge in [-0.3, -0.25) is 0 Å². The summed E-state index contributed by atoms with van der Waals surface area (Å²) in [5.41, 5.74) is 0. The van der Waals surface area contributed by atoms with Gasteiger partial charge in [-0.25, -0.2) is 0 Å². The molecule has 0 spiro atoms. The van der Waals surface area contributed by atoms with Crippen molar-refractivity contribution in [3.8, 4) is 12.3 Å². The molecule has 0 aromatic heterocycles. The fourth-order valence-electron chi connectivity index (χ4n) is 1.11. The molecular weight excluding hydrogens is 120 g/mol. The van der Waals surface area contributed by atoms with E-state index in [0.717, 1.165) is 12.3 Å². The van der Waals surface area contributed by atoms with Crippen molar-refractivity contribution in [2.24, 2.45) is 5.92 Å². The summed E-state index contributed by atoms with van der Waals surface area (Å²) in [5.74, 6) is 3.51. The average Bonchev–Trinajstić information content (AvgIpc) is 1.98. The zero-order valence-electron chi connectivity index (χ0n) is 7.19. The molecule has 58 valence electrons. The fraction of sp³-hybridized carbons (Fsp3) is 0.800. The third kappa shape index (κ3) is 4.44. The summed E-state index contributed by atoms with van der Waals surface area (Å²) in [6.07, 6.45) is 11.4. The second-order valence-corrected chi connectivity index (χ2v) is 2.82. The molecule has 0 aliphatic heterocycles. The molecule has 0 radical (unpaired) electrons. The summed E-state index contributed by atoms with van der Waals surface area (Å²) in [5, 5.41) is 0. The van der Waals surface area contributed by atoms with Gasteiger partial charge in [0.15, 0.2) is 0 Å². The minimum absolute atomic E-state index is 0.782. The molecule has 0 heteroatoms. The fourth-order valence-corrected chi connectivity index (χ4v) is 1.11. The zero-order valence-corrected chi connectivity index (χ0v) is 7.19. The van der Waals surface area contributed by atoms with Crippen LogP contribution in [0.2, 0.25) is 0 Å². The summed E-state index contributed by atoms with van der Waals surface area (Å²) in [6, 6.07) is 0. The zero-order chi connectivity index (χ0) is 7.82. The molecule has 0 unspecified atom stereocenters. The maximum absolute atomic E-state index is 5.23. The number of unbranched alkanes of at least 4 members (excludes halogenated alkanes) is 1. The molecule has 0 aliphatic rings. The Morgan fingerprint density at radius 3 is 2.50 bits per heavy atom. The third-order valence-electron chi connectivity index (χ3n) is 1.95. The standard InChI is InChI=1S/C10H18/c1-4-7-9-10(6-3)8-5-2/h2,10H,4,6-9H2,1,3H3/t10-/m1/s1. The molecule has 0 rings (SSSR count). The lowest BCUT2D eigenvalue weighted by Gasteiger charge is -2.09. The van der Waals surface area contributed by atoms with Crippen LogP contribution in [0.1, 0.15) is 46.0 Å². The van der Waals surface area contributed by atoms with Crippen LogP contribution >= 0.6 is 0 Å². The van der Waals surface area contributed by atoms with Gasteiger partial charge in [0.1, 0.15) is 0 Å². The Morgan fingerprint density at radius 2 is 2.10 bits per heavy atom. The molecule has 0 heterocycles. The number of terminal acetylenes is 1. The van der Waals surface area contributed by atoms with Gasteiger partial charge >= 0.3 is 0 Å². The van der Waals surface area contributed by atoms with E-state index in [0.29, 0.717) is 0 Å². The highest BCUT2D eigenvalue weighted by Gasteiger charge is 2.01.